The van der Waals surface area contributed by atoms with Crippen LogP contribution in [0.3, 0.4) is 0 Å². The van der Waals surface area contributed by atoms with Gasteiger partial charge in [-0.05, 0) is 18.6 Å². The number of aliphatic hydroxyl groups is 1. The van der Waals surface area contributed by atoms with Crippen LogP contribution in [0, 0.1) is 0 Å². The summed E-state index contributed by atoms with van der Waals surface area (Å²) in [5.74, 6) is 0. The first kappa shape index (κ1) is 10.2. The summed E-state index contributed by atoms with van der Waals surface area (Å²) in [4.78, 5) is 4.38. The third-order valence-corrected chi connectivity index (χ3v) is 2.56. The average Bonchev–Trinajstić information content (AvgIpc) is 2.69. The van der Waals surface area contributed by atoms with E-state index in [2.05, 4.69) is 11.9 Å². The second kappa shape index (κ2) is 4.45. The summed E-state index contributed by atoms with van der Waals surface area (Å²) in [6, 6.07) is 5.84. The average molecular weight is 204 g/mol. The van der Waals surface area contributed by atoms with Gasteiger partial charge in [0.15, 0.2) is 0 Å². The molecule has 1 unspecified atom stereocenters. The highest BCUT2D eigenvalue weighted by atomic mass is 16.3. The molecule has 3 nitrogen and oxygen atoms in total. The number of rotatable bonds is 4. The van der Waals surface area contributed by atoms with Crippen LogP contribution in [0.4, 0.5) is 0 Å². The van der Waals surface area contributed by atoms with Gasteiger partial charge in [0.2, 0.25) is 0 Å². The molecule has 2 aromatic heterocycles. The third-order valence-electron chi connectivity index (χ3n) is 2.56. The normalized spacial score (nSPS) is 13.2. The van der Waals surface area contributed by atoms with Crippen LogP contribution >= 0.6 is 0 Å². The van der Waals surface area contributed by atoms with Crippen molar-refractivity contribution in [1.82, 2.24) is 9.38 Å². The van der Waals surface area contributed by atoms with Crippen molar-refractivity contribution in [2.24, 2.45) is 0 Å². The van der Waals surface area contributed by atoms with Crippen molar-refractivity contribution in [3.63, 3.8) is 0 Å². The summed E-state index contributed by atoms with van der Waals surface area (Å²) in [5, 5.41) is 9.88. The Morgan fingerprint density at radius 3 is 3.07 bits per heavy atom. The second-order valence-electron chi connectivity index (χ2n) is 3.79. The summed E-state index contributed by atoms with van der Waals surface area (Å²) < 4.78 is 1.94. The molecule has 15 heavy (non-hydrogen) atoms. The monoisotopic (exact) mass is 204 g/mol. The minimum Gasteiger partial charge on any atom is -0.387 e. The van der Waals surface area contributed by atoms with Crippen LogP contribution in [0.15, 0.2) is 30.6 Å². The number of hydrogen-bond acceptors (Lipinski definition) is 2. The van der Waals surface area contributed by atoms with E-state index in [1.807, 2.05) is 35.0 Å². The molecule has 2 aromatic rings. The molecule has 0 radical (unpaired) electrons. The van der Waals surface area contributed by atoms with Crippen LogP contribution in [0.5, 0.6) is 0 Å². The van der Waals surface area contributed by atoms with Crippen LogP contribution < -0.4 is 0 Å². The molecular weight excluding hydrogens is 188 g/mol. The molecule has 3 heteroatoms. The van der Waals surface area contributed by atoms with Crippen LogP contribution in [0.25, 0.3) is 5.65 Å². The molecule has 2 heterocycles. The molecule has 0 fully saturated rings. The highest BCUT2D eigenvalue weighted by Crippen LogP contribution is 2.18. The molecule has 2 rings (SSSR count). The van der Waals surface area contributed by atoms with Gasteiger partial charge in [-0.15, -0.1) is 0 Å². The van der Waals surface area contributed by atoms with E-state index in [1.165, 1.54) is 0 Å². The van der Waals surface area contributed by atoms with E-state index in [0.717, 1.165) is 30.6 Å². The lowest BCUT2D eigenvalue weighted by atomic mass is 10.1. The van der Waals surface area contributed by atoms with Crippen molar-refractivity contribution in [2.45, 2.75) is 32.3 Å². The topological polar surface area (TPSA) is 37.5 Å². The molecule has 0 aromatic carbocycles. The van der Waals surface area contributed by atoms with Crippen molar-refractivity contribution in [3.05, 3.63) is 36.3 Å². The standard InChI is InChI=1S/C12H16N2O/c1-2-3-6-11(15)10-9-14-8-5-4-7-12(14)13-10/h4-5,7-9,11,15H,2-3,6H2,1H3. The fraction of sp³-hybridized carbons (Fsp3) is 0.417. The van der Waals surface area contributed by atoms with Gasteiger partial charge in [-0.3, -0.25) is 0 Å². The summed E-state index contributed by atoms with van der Waals surface area (Å²) in [6.07, 6.45) is 6.35. The zero-order valence-electron chi connectivity index (χ0n) is 8.93. The second-order valence-corrected chi connectivity index (χ2v) is 3.79. The molecule has 0 amide bonds. The Balaban J connectivity index is 2.20. The zero-order valence-corrected chi connectivity index (χ0v) is 8.93. The van der Waals surface area contributed by atoms with Crippen molar-refractivity contribution in [2.75, 3.05) is 0 Å². The van der Waals surface area contributed by atoms with Gasteiger partial charge in [0.25, 0.3) is 0 Å². The first-order valence-corrected chi connectivity index (χ1v) is 5.43. The highest BCUT2D eigenvalue weighted by molar-refractivity contribution is 5.39. The lowest BCUT2D eigenvalue weighted by molar-refractivity contribution is 0.160. The largest absolute Gasteiger partial charge is 0.387 e. The van der Waals surface area contributed by atoms with E-state index in [0.29, 0.717) is 0 Å². The lowest BCUT2D eigenvalue weighted by Gasteiger charge is -2.04. The fourth-order valence-electron chi connectivity index (χ4n) is 1.66. The number of unbranched alkanes of at least 4 members (excludes halogenated alkanes) is 1. The van der Waals surface area contributed by atoms with Crippen LogP contribution in [-0.2, 0) is 0 Å². The van der Waals surface area contributed by atoms with Gasteiger partial charge in [0.1, 0.15) is 5.65 Å². The highest BCUT2D eigenvalue weighted by Gasteiger charge is 2.10. The maximum absolute atomic E-state index is 9.88. The number of pyridine rings is 1. The van der Waals surface area contributed by atoms with E-state index in [4.69, 9.17) is 0 Å². The quantitative estimate of drug-likeness (QED) is 0.831. The number of aliphatic hydroxyl groups excluding tert-OH is 1. The SMILES string of the molecule is CCCCC(O)c1cn2ccccc2n1. The van der Waals surface area contributed by atoms with Crippen molar-refractivity contribution >= 4 is 5.65 Å². The molecule has 1 N–H and O–H groups in total. The van der Waals surface area contributed by atoms with Gasteiger partial charge >= 0.3 is 0 Å². The molecule has 0 bridgehead atoms. The third kappa shape index (κ3) is 2.18. The van der Waals surface area contributed by atoms with E-state index >= 15 is 0 Å². The first-order valence-electron chi connectivity index (χ1n) is 5.43. The molecular formula is C12H16N2O. The molecule has 0 saturated carbocycles. The van der Waals surface area contributed by atoms with Gasteiger partial charge in [0, 0.05) is 12.4 Å². The van der Waals surface area contributed by atoms with Gasteiger partial charge < -0.3 is 9.51 Å². The van der Waals surface area contributed by atoms with Crippen LogP contribution in [0.2, 0.25) is 0 Å². The number of hydrogen-bond donors (Lipinski definition) is 1. The molecule has 80 valence electrons. The Bertz CT molecular complexity index is 403. The Labute approximate surface area is 89.4 Å². The van der Waals surface area contributed by atoms with Gasteiger partial charge in [0.05, 0.1) is 11.8 Å². The summed E-state index contributed by atoms with van der Waals surface area (Å²) in [5.41, 5.74) is 1.66. The van der Waals surface area contributed by atoms with Crippen molar-refractivity contribution < 1.29 is 5.11 Å². The lowest BCUT2D eigenvalue weighted by Crippen LogP contribution is -1.96. The molecule has 0 aliphatic rings. The summed E-state index contributed by atoms with van der Waals surface area (Å²) in [7, 11) is 0. The molecule has 0 saturated heterocycles. The maximum atomic E-state index is 9.88. The van der Waals surface area contributed by atoms with Gasteiger partial charge in [-0.25, -0.2) is 4.98 Å². The number of fused-ring (bicyclic) bond motifs is 1. The van der Waals surface area contributed by atoms with E-state index in [1.54, 1.807) is 0 Å². The number of imidazole rings is 1. The van der Waals surface area contributed by atoms with E-state index in [9.17, 15) is 5.11 Å². The maximum Gasteiger partial charge on any atom is 0.137 e. The van der Waals surface area contributed by atoms with Crippen LogP contribution in [0.1, 0.15) is 38.0 Å². The smallest absolute Gasteiger partial charge is 0.137 e. The van der Waals surface area contributed by atoms with E-state index < -0.39 is 6.10 Å². The Morgan fingerprint density at radius 1 is 1.47 bits per heavy atom. The Hall–Kier alpha value is -1.35. The molecule has 1 atom stereocenters. The predicted octanol–water partition coefficient (Wildman–Crippen LogP) is 2.56. The fourth-order valence-corrected chi connectivity index (χ4v) is 1.66. The Morgan fingerprint density at radius 2 is 2.33 bits per heavy atom. The molecule has 0 aliphatic heterocycles. The van der Waals surface area contributed by atoms with Gasteiger partial charge in [-0.1, -0.05) is 25.8 Å². The van der Waals surface area contributed by atoms with Crippen molar-refractivity contribution in [1.29, 1.82) is 0 Å². The van der Waals surface area contributed by atoms with Gasteiger partial charge in [-0.2, -0.15) is 0 Å². The summed E-state index contributed by atoms with van der Waals surface area (Å²) in [6.45, 7) is 2.12. The molecule has 0 spiro atoms. The minimum absolute atomic E-state index is 0.426. The number of aromatic nitrogens is 2. The van der Waals surface area contributed by atoms with E-state index in [-0.39, 0.29) is 0 Å². The first-order chi connectivity index (χ1) is 7.31. The minimum atomic E-state index is -0.426. The zero-order chi connectivity index (χ0) is 10.7. The number of nitrogens with zero attached hydrogens (tertiary/aromatic N) is 2. The summed E-state index contributed by atoms with van der Waals surface area (Å²) >= 11 is 0. The molecule has 0 aliphatic carbocycles. The Kier molecular flexibility index (Phi) is 3.02. The van der Waals surface area contributed by atoms with Crippen molar-refractivity contribution in [3.8, 4) is 0 Å². The predicted molar refractivity (Wildman–Crippen MR) is 59.7 cm³/mol. The van der Waals surface area contributed by atoms with Crippen LogP contribution in [-0.4, -0.2) is 14.5 Å².